The summed E-state index contributed by atoms with van der Waals surface area (Å²) >= 11 is 0. The van der Waals surface area contributed by atoms with Gasteiger partial charge in [-0.15, -0.1) is 0 Å². The van der Waals surface area contributed by atoms with Crippen molar-refractivity contribution in [3.8, 4) is 0 Å². The molecule has 1 heterocycles. The van der Waals surface area contributed by atoms with Gasteiger partial charge in [0.05, 0.1) is 11.4 Å². The van der Waals surface area contributed by atoms with Crippen LogP contribution in [0.25, 0.3) is 0 Å². The van der Waals surface area contributed by atoms with E-state index < -0.39 is 10.0 Å². The molecule has 4 rings (SSSR count). The minimum atomic E-state index is -3.57. The lowest BCUT2D eigenvalue weighted by Crippen LogP contribution is -2.49. The van der Waals surface area contributed by atoms with Gasteiger partial charge in [0.2, 0.25) is 15.9 Å². The lowest BCUT2D eigenvalue weighted by Gasteiger charge is -2.30. The number of rotatable bonds is 6. The molecule has 1 fully saturated rings. The van der Waals surface area contributed by atoms with E-state index in [4.69, 9.17) is 0 Å². The Balaban J connectivity index is 1.23. The van der Waals surface area contributed by atoms with Gasteiger partial charge in [0, 0.05) is 24.7 Å². The normalized spacial score (nSPS) is 16.6. The van der Waals surface area contributed by atoms with Gasteiger partial charge in [0.1, 0.15) is 0 Å². The maximum atomic E-state index is 13.1. The quantitative estimate of drug-likeness (QED) is 0.546. The Bertz CT molecular complexity index is 1190. The number of carbonyl (C=O) groups is 2. The summed E-state index contributed by atoms with van der Waals surface area (Å²) in [4.78, 5) is 25.0. The Labute approximate surface area is 201 Å². The highest BCUT2D eigenvalue weighted by atomic mass is 32.2. The number of piperidine rings is 1. The number of carbonyl (C=O) groups excluding carboxylic acids is 2. The van der Waals surface area contributed by atoms with Crippen LogP contribution in [0.4, 0.5) is 5.69 Å². The Morgan fingerprint density at radius 3 is 2.44 bits per heavy atom. The summed E-state index contributed by atoms with van der Waals surface area (Å²) in [6, 6.07) is 11.3. The van der Waals surface area contributed by atoms with Crippen molar-refractivity contribution >= 4 is 27.5 Å². The number of amides is 2. The number of benzene rings is 2. The molecule has 9 heteroatoms. The fourth-order valence-corrected chi connectivity index (χ4v) is 6.20. The predicted octanol–water partition coefficient (Wildman–Crippen LogP) is 2.45. The van der Waals surface area contributed by atoms with Gasteiger partial charge < -0.3 is 5.32 Å². The second-order valence-electron chi connectivity index (χ2n) is 9.17. The molecule has 1 aliphatic heterocycles. The summed E-state index contributed by atoms with van der Waals surface area (Å²) in [7, 11) is -3.57. The molecule has 2 aliphatic rings. The van der Waals surface area contributed by atoms with Gasteiger partial charge in [-0.2, -0.15) is 4.31 Å². The van der Waals surface area contributed by atoms with E-state index in [1.807, 2.05) is 38.1 Å². The van der Waals surface area contributed by atoms with Crippen molar-refractivity contribution in [3.63, 3.8) is 0 Å². The number of nitrogens with one attached hydrogen (secondary N) is 3. The number of hydrogen-bond acceptors (Lipinski definition) is 5. The van der Waals surface area contributed by atoms with Crippen molar-refractivity contribution in [1.82, 2.24) is 15.2 Å². The van der Waals surface area contributed by atoms with E-state index in [9.17, 15) is 18.0 Å². The van der Waals surface area contributed by atoms with E-state index in [2.05, 4.69) is 16.2 Å². The number of aryl methyl sites for hydroxylation is 4. The molecule has 0 unspecified atom stereocenters. The highest BCUT2D eigenvalue weighted by Gasteiger charge is 2.32. The van der Waals surface area contributed by atoms with Gasteiger partial charge >= 0.3 is 0 Å². The summed E-state index contributed by atoms with van der Waals surface area (Å²) in [5, 5.41) is 3.06. The van der Waals surface area contributed by atoms with Gasteiger partial charge in [-0.05, 0) is 80.8 Å². The van der Waals surface area contributed by atoms with Crippen LogP contribution in [0.5, 0.6) is 0 Å². The van der Waals surface area contributed by atoms with E-state index in [-0.39, 0.29) is 37.4 Å². The predicted molar refractivity (Wildman–Crippen MR) is 131 cm³/mol. The average Bonchev–Trinajstić information content (AvgIpc) is 3.30. The van der Waals surface area contributed by atoms with Crippen LogP contribution in [0.1, 0.15) is 41.5 Å². The zero-order chi connectivity index (χ0) is 24.3. The lowest BCUT2D eigenvalue weighted by atomic mass is 9.98. The van der Waals surface area contributed by atoms with E-state index in [0.29, 0.717) is 17.7 Å². The zero-order valence-corrected chi connectivity index (χ0v) is 20.5. The third-order valence-corrected chi connectivity index (χ3v) is 8.57. The van der Waals surface area contributed by atoms with E-state index >= 15 is 0 Å². The zero-order valence-electron chi connectivity index (χ0n) is 19.7. The highest BCUT2D eigenvalue weighted by molar-refractivity contribution is 7.89. The Hall–Kier alpha value is -2.91. The van der Waals surface area contributed by atoms with Crippen molar-refractivity contribution in [1.29, 1.82) is 0 Å². The molecule has 182 valence electrons. The summed E-state index contributed by atoms with van der Waals surface area (Å²) in [6.07, 6.45) is 3.82. The van der Waals surface area contributed by atoms with Crippen molar-refractivity contribution in [2.75, 3.05) is 25.0 Å². The maximum absolute atomic E-state index is 13.1. The van der Waals surface area contributed by atoms with Crippen LogP contribution >= 0.6 is 0 Å². The van der Waals surface area contributed by atoms with Crippen molar-refractivity contribution in [3.05, 3.63) is 58.7 Å². The van der Waals surface area contributed by atoms with Gasteiger partial charge in [-0.1, -0.05) is 23.8 Å². The minimum Gasteiger partial charge on any atom is -0.376 e. The molecule has 1 saturated heterocycles. The molecule has 2 aromatic rings. The first-order valence-electron chi connectivity index (χ1n) is 11.8. The van der Waals surface area contributed by atoms with Crippen LogP contribution in [0.3, 0.4) is 0 Å². The molecule has 0 atom stereocenters. The number of sulfonamides is 1. The van der Waals surface area contributed by atoms with Crippen molar-refractivity contribution in [2.24, 2.45) is 5.92 Å². The highest BCUT2D eigenvalue weighted by Crippen LogP contribution is 2.28. The molecule has 0 spiro atoms. The number of hydrazine groups is 1. The SMILES string of the molecule is Cc1ccc(NCC(=O)NNC(=O)C2CCN(S(=O)(=O)c3ccc4c(c3)CCC4)CC2)c(C)c1. The average molecular weight is 485 g/mol. The lowest BCUT2D eigenvalue weighted by molar-refractivity contribution is -0.131. The fourth-order valence-electron chi connectivity index (χ4n) is 4.68. The standard InChI is InChI=1S/C25H32N4O4S/c1-17-6-9-23(18(2)14-17)26-16-24(30)27-28-25(31)20-10-12-29(13-11-20)34(32,33)22-8-7-19-4-3-5-21(19)15-22/h6-9,14-15,20,26H,3-5,10-13,16H2,1-2H3,(H,27,30)(H,28,31). The summed E-state index contributed by atoms with van der Waals surface area (Å²) in [5.74, 6) is -1.00. The number of hydrogen-bond donors (Lipinski definition) is 3. The van der Waals surface area contributed by atoms with Crippen molar-refractivity contribution < 1.29 is 18.0 Å². The summed E-state index contributed by atoms with van der Waals surface area (Å²) in [5.41, 5.74) is 10.3. The maximum Gasteiger partial charge on any atom is 0.257 e. The Morgan fingerprint density at radius 1 is 0.971 bits per heavy atom. The summed E-state index contributed by atoms with van der Waals surface area (Å²) in [6.45, 7) is 4.55. The van der Waals surface area contributed by atoms with Crippen LogP contribution in [-0.4, -0.2) is 44.2 Å². The van der Waals surface area contributed by atoms with Crippen LogP contribution in [0, 0.1) is 19.8 Å². The second-order valence-corrected chi connectivity index (χ2v) is 11.1. The molecular weight excluding hydrogens is 452 g/mol. The van der Waals surface area contributed by atoms with Crippen LogP contribution in [0.2, 0.25) is 0 Å². The molecule has 0 radical (unpaired) electrons. The van der Waals surface area contributed by atoms with Gasteiger partial charge in [-0.3, -0.25) is 20.4 Å². The van der Waals surface area contributed by atoms with E-state index in [1.54, 1.807) is 12.1 Å². The van der Waals surface area contributed by atoms with E-state index in [1.165, 1.54) is 9.87 Å². The molecule has 0 aromatic heterocycles. The Kier molecular flexibility index (Phi) is 7.23. The monoisotopic (exact) mass is 484 g/mol. The third-order valence-electron chi connectivity index (χ3n) is 6.68. The molecule has 3 N–H and O–H groups in total. The molecule has 34 heavy (non-hydrogen) atoms. The van der Waals surface area contributed by atoms with Gasteiger partial charge in [0.15, 0.2) is 0 Å². The number of anilines is 1. The smallest absolute Gasteiger partial charge is 0.257 e. The van der Waals surface area contributed by atoms with E-state index in [0.717, 1.165) is 41.6 Å². The van der Waals surface area contributed by atoms with Crippen LogP contribution in [-0.2, 0) is 32.5 Å². The van der Waals surface area contributed by atoms with Gasteiger partial charge in [-0.25, -0.2) is 8.42 Å². The first-order chi connectivity index (χ1) is 16.2. The molecule has 2 aromatic carbocycles. The largest absolute Gasteiger partial charge is 0.376 e. The summed E-state index contributed by atoms with van der Waals surface area (Å²) < 4.78 is 27.6. The number of fused-ring (bicyclic) bond motifs is 1. The second kappa shape index (κ2) is 10.1. The molecule has 0 bridgehead atoms. The minimum absolute atomic E-state index is 0.0294. The molecule has 0 saturated carbocycles. The molecular formula is C25H32N4O4S. The first-order valence-corrected chi connectivity index (χ1v) is 13.2. The van der Waals surface area contributed by atoms with Gasteiger partial charge in [0.25, 0.3) is 5.91 Å². The molecule has 2 amide bonds. The molecule has 8 nitrogen and oxygen atoms in total. The first kappa shape index (κ1) is 24.2. The number of nitrogens with zero attached hydrogens (tertiary/aromatic N) is 1. The topological polar surface area (TPSA) is 108 Å². The third kappa shape index (κ3) is 5.42. The Morgan fingerprint density at radius 2 is 1.71 bits per heavy atom. The van der Waals surface area contributed by atoms with Crippen molar-refractivity contribution in [2.45, 2.75) is 50.8 Å². The fraction of sp³-hybridized carbons (Fsp3) is 0.440. The van der Waals surface area contributed by atoms with Crippen LogP contribution < -0.4 is 16.2 Å². The van der Waals surface area contributed by atoms with Crippen LogP contribution in [0.15, 0.2) is 41.3 Å². The molecule has 1 aliphatic carbocycles.